The lowest BCUT2D eigenvalue weighted by atomic mass is 10.0. The van der Waals surface area contributed by atoms with Crippen molar-refractivity contribution in [3.05, 3.63) is 53.9 Å². The summed E-state index contributed by atoms with van der Waals surface area (Å²) < 4.78 is 5.38. The lowest BCUT2D eigenvalue weighted by Gasteiger charge is -2.11. The Hall–Kier alpha value is -3.68. The van der Waals surface area contributed by atoms with Gasteiger partial charge in [0.1, 0.15) is 5.75 Å². The van der Waals surface area contributed by atoms with Crippen molar-refractivity contribution < 1.29 is 9.53 Å². The van der Waals surface area contributed by atoms with Gasteiger partial charge in [0.05, 0.1) is 41.5 Å². The van der Waals surface area contributed by atoms with Crippen molar-refractivity contribution in [2.24, 2.45) is 0 Å². The van der Waals surface area contributed by atoms with Gasteiger partial charge in [0, 0.05) is 43.1 Å². The van der Waals surface area contributed by atoms with Crippen LogP contribution >= 0.6 is 0 Å². The number of pyridine rings is 2. The Balaban J connectivity index is 2.08. The van der Waals surface area contributed by atoms with Crippen molar-refractivity contribution in [2.45, 2.75) is 6.92 Å². The van der Waals surface area contributed by atoms with E-state index in [1.54, 1.807) is 51.9 Å². The fourth-order valence-corrected chi connectivity index (χ4v) is 2.89. The molecule has 1 amide bonds. The summed E-state index contributed by atoms with van der Waals surface area (Å²) in [7, 11) is 3.33. The Morgan fingerprint density at radius 1 is 1.33 bits per heavy atom. The van der Waals surface area contributed by atoms with Gasteiger partial charge in [0.15, 0.2) is 0 Å². The highest BCUT2D eigenvalue weighted by Gasteiger charge is 2.28. The number of carbonyl (C=O) groups excluding carboxylic acids is 1. The Kier molecular flexibility index (Phi) is 5.16. The molecule has 27 heavy (non-hydrogen) atoms. The van der Waals surface area contributed by atoms with Crippen molar-refractivity contribution in [3.8, 4) is 17.0 Å². The van der Waals surface area contributed by atoms with Crippen LogP contribution < -0.4 is 20.7 Å². The molecule has 0 aliphatic carbocycles. The monoisotopic (exact) mass is 364 g/mol. The molecule has 1 aliphatic rings. The van der Waals surface area contributed by atoms with Crippen LogP contribution in [0.3, 0.4) is 0 Å². The first kappa shape index (κ1) is 18.1. The fourth-order valence-electron chi connectivity index (χ4n) is 2.89. The second kappa shape index (κ2) is 7.69. The molecule has 3 rings (SSSR count). The van der Waals surface area contributed by atoms with E-state index in [0.29, 0.717) is 34.1 Å². The third-order valence-corrected chi connectivity index (χ3v) is 4.09. The van der Waals surface area contributed by atoms with Crippen molar-refractivity contribution in [1.29, 1.82) is 5.41 Å². The molecule has 0 saturated carbocycles. The maximum absolute atomic E-state index is 12.5. The molecule has 2 aromatic rings. The van der Waals surface area contributed by atoms with Crippen molar-refractivity contribution in [3.63, 3.8) is 0 Å². The number of amides is 1. The van der Waals surface area contributed by atoms with Crippen LogP contribution in [0.2, 0.25) is 0 Å². The van der Waals surface area contributed by atoms with Gasteiger partial charge in [-0.25, -0.2) is 0 Å². The highest BCUT2D eigenvalue weighted by molar-refractivity contribution is 6.32. The van der Waals surface area contributed by atoms with Crippen molar-refractivity contribution in [1.82, 2.24) is 20.6 Å². The average molecular weight is 364 g/mol. The average Bonchev–Trinajstić information content (AvgIpc) is 3.02. The quantitative estimate of drug-likeness (QED) is 0.461. The van der Waals surface area contributed by atoms with Gasteiger partial charge < -0.3 is 26.1 Å². The number of fused-ring (bicyclic) bond motifs is 1. The van der Waals surface area contributed by atoms with Gasteiger partial charge in [0.2, 0.25) is 0 Å². The Labute approximate surface area is 156 Å². The molecule has 0 saturated heterocycles. The van der Waals surface area contributed by atoms with Gasteiger partial charge in [-0.2, -0.15) is 0 Å². The number of nitrogens with zero attached hydrogens (tertiary/aromatic N) is 2. The Morgan fingerprint density at radius 3 is 2.85 bits per heavy atom. The standard InChI is InChI=1S/C19H20N6O2/c1-11(24-12(7-20)8-21-2)18-13-6-15(23-10-16(13)25-19(18)26)14-9-22-5-4-17(14)27-3/h4-10,20-21,24H,1-3H3,(H,25,26)/b12-8+,18-11-,20-7?. The number of nitrogens with one attached hydrogen (secondary N) is 4. The first-order chi connectivity index (χ1) is 13.1. The van der Waals surface area contributed by atoms with Crippen molar-refractivity contribution >= 4 is 23.4 Å². The molecule has 1 aliphatic heterocycles. The third kappa shape index (κ3) is 3.50. The molecule has 0 spiro atoms. The van der Waals surface area contributed by atoms with Gasteiger partial charge in [-0.15, -0.1) is 0 Å². The number of aromatic nitrogens is 2. The lowest BCUT2D eigenvalue weighted by Crippen LogP contribution is -2.18. The zero-order valence-electron chi connectivity index (χ0n) is 15.3. The van der Waals surface area contributed by atoms with E-state index in [2.05, 4.69) is 25.9 Å². The molecule has 0 aromatic carbocycles. The molecule has 3 heterocycles. The molecule has 4 N–H and O–H groups in total. The van der Waals surface area contributed by atoms with Crippen LogP contribution in [-0.4, -0.2) is 36.2 Å². The zero-order chi connectivity index (χ0) is 19.4. The molecule has 0 radical (unpaired) electrons. The minimum absolute atomic E-state index is 0.221. The largest absolute Gasteiger partial charge is 0.496 e. The molecule has 0 fully saturated rings. The number of methoxy groups -OCH3 is 1. The van der Waals surface area contributed by atoms with E-state index in [4.69, 9.17) is 10.1 Å². The molecule has 2 aromatic heterocycles. The minimum atomic E-state index is -0.221. The molecule has 0 unspecified atom stereocenters. The SMILES string of the molecule is CN/C=C(\C=N)N/C(C)=C1\C(=O)Nc2cnc(-c3cnccc3OC)cc21. The van der Waals surface area contributed by atoms with Crippen LogP contribution in [-0.2, 0) is 4.79 Å². The van der Waals surface area contributed by atoms with Gasteiger partial charge in [0.25, 0.3) is 5.91 Å². The fraction of sp³-hybridized carbons (Fsp3) is 0.158. The maximum Gasteiger partial charge on any atom is 0.258 e. The predicted octanol–water partition coefficient (Wildman–Crippen LogP) is 2.14. The minimum Gasteiger partial charge on any atom is -0.496 e. The number of carbonyl (C=O) groups is 1. The molecular formula is C19H20N6O2. The molecule has 8 heteroatoms. The first-order valence-corrected chi connectivity index (χ1v) is 8.25. The molecule has 0 atom stereocenters. The van der Waals surface area contributed by atoms with Crippen LogP contribution in [0.25, 0.3) is 16.8 Å². The van der Waals surface area contributed by atoms with Gasteiger partial charge in [-0.05, 0) is 19.1 Å². The summed E-state index contributed by atoms with van der Waals surface area (Å²) in [5, 5.41) is 16.2. The maximum atomic E-state index is 12.5. The first-order valence-electron chi connectivity index (χ1n) is 8.25. The van der Waals surface area contributed by atoms with E-state index in [0.717, 1.165) is 11.1 Å². The Bertz CT molecular complexity index is 964. The summed E-state index contributed by atoms with van der Waals surface area (Å²) in [5.41, 5.74) is 4.42. The summed E-state index contributed by atoms with van der Waals surface area (Å²) in [6.07, 6.45) is 7.76. The van der Waals surface area contributed by atoms with Crippen LogP contribution in [0.1, 0.15) is 12.5 Å². The highest BCUT2D eigenvalue weighted by atomic mass is 16.5. The van der Waals surface area contributed by atoms with Crippen molar-refractivity contribution in [2.75, 3.05) is 19.5 Å². The zero-order valence-corrected chi connectivity index (χ0v) is 15.3. The van der Waals surface area contributed by atoms with Gasteiger partial charge in [-0.3, -0.25) is 14.8 Å². The summed E-state index contributed by atoms with van der Waals surface area (Å²) in [6.45, 7) is 1.79. The van der Waals surface area contributed by atoms with Gasteiger partial charge >= 0.3 is 0 Å². The molecule has 138 valence electrons. The summed E-state index contributed by atoms with van der Waals surface area (Å²) in [5.74, 6) is 0.430. The van der Waals surface area contributed by atoms with E-state index < -0.39 is 0 Å². The number of ether oxygens (including phenoxy) is 1. The number of allylic oxidation sites excluding steroid dienone is 2. The normalized spacial score (nSPS) is 14.9. The molecule has 8 nitrogen and oxygen atoms in total. The van der Waals surface area contributed by atoms with Crippen LogP contribution in [0.15, 0.2) is 48.3 Å². The summed E-state index contributed by atoms with van der Waals surface area (Å²) in [6, 6.07) is 3.59. The topological polar surface area (TPSA) is 112 Å². The van der Waals surface area contributed by atoms with E-state index >= 15 is 0 Å². The second-order valence-electron chi connectivity index (χ2n) is 5.80. The van der Waals surface area contributed by atoms with E-state index in [1.165, 1.54) is 6.21 Å². The summed E-state index contributed by atoms with van der Waals surface area (Å²) in [4.78, 5) is 21.1. The van der Waals surface area contributed by atoms with Crippen LogP contribution in [0, 0.1) is 5.41 Å². The Morgan fingerprint density at radius 2 is 2.15 bits per heavy atom. The van der Waals surface area contributed by atoms with Crippen LogP contribution in [0.4, 0.5) is 5.69 Å². The smallest absolute Gasteiger partial charge is 0.258 e. The lowest BCUT2D eigenvalue weighted by molar-refractivity contribution is -0.110. The van der Waals surface area contributed by atoms with Crippen LogP contribution in [0.5, 0.6) is 5.75 Å². The highest BCUT2D eigenvalue weighted by Crippen LogP contribution is 2.37. The van der Waals surface area contributed by atoms with Gasteiger partial charge in [-0.1, -0.05) is 0 Å². The molecule has 0 bridgehead atoms. The molecular weight excluding hydrogens is 344 g/mol. The van der Waals surface area contributed by atoms with E-state index in [-0.39, 0.29) is 5.91 Å². The third-order valence-electron chi connectivity index (χ3n) is 4.09. The van der Waals surface area contributed by atoms with E-state index in [1.807, 2.05) is 6.07 Å². The second-order valence-corrected chi connectivity index (χ2v) is 5.80. The van der Waals surface area contributed by atoms with E-state index in [9.17, 15) is 4.79 Å². The number of hydrogen-bond acceptors (Lipinski definition) is 7. The summed E-state index contributed by atoms with van der Waals surface area (Å²) >= 11 is 0. The number of rotatable bonds is 6. The number of hydrogen-bond donors (Lipinski definition) is 4. The number of anilines is 1. The predicted molar refractivity (Wildman–Crippen MR) is 104 cm³/mol.